The van der Waals surface area contributed by atoms with E-state index in [4.69, 9.17) is 4.74 Å². The van der Waals surface area contributed by atoms with Gasteiger partial charge in [-0.3, -0.25) is 4.98 Å². The zero-order valence-corrected chi connectivity index (χ0v) is 26.3. The first kappa shape index (κ1) is 30.0. The van der Waals surface area contributed by atoms with Gasteiger partial charge in [0.15, 0.2) is 9.84 Å². The highest BCUT2D eigenvalue weighted by molar-refractivity contribution is 7.91. The van der Waals surface area contributed by atoms with E-state index in [1.165, 1.54) is 11.8 Å². The molecule has 1 unspecified atom stereocenters. The quantitative estimate of drug-likeness (QED) is 0.165. The van der Waals surface area contributed by atoms with E-state index < -0.39 is 20.2 Å². The molecule has 1 fully saturated rings. The third-order valence-electron chi connectivity index (χ3n) is 9.20. The Bertz CT molecular complexity index is 1900. The smallest absolute Gasteiger partial charge is 0.156 e. The second kappa shape index (κ2) is 11.8. The van der Waals surface area contributed by atoms with E-state index in [2.05, 4.69) is 23.2 Å². The number of rotatable bonds is 11. The van der Waals surface area contributed by atoms with Crippen LogP contribution in [0.5, 0.6) is 5.75 Å². The molecule has 0 saturated heterocycles. The van der Waals surface area contributed by atoms with E-state index in [1.807, 2.05) is 84.9 Å². The molecule has 0 aliphatic heterocycles. The van der Waals surface area contributed by atoms with Gasteiger partial charge in [-0.2, -0.15) is 0 Å². The highest BCUT2D eigenvalue weighted by atomic mass is 32.2. The van der Waals surface area contributed by atoms with Crippen molar-refractivity contribution in [2.45, 2.75) is 56.5 Å². The first-order valence-corrected chi connectivity index (χ1v) is 17.1. The van der Waals surface area contributed by atoms with Gasteiger partial charge >= 0.3 is 0 Å². The van der Waals surface area contributed by atoms with Crippen molar-refractivity contribution in [3.8, 4) is 16.9 Å². The van der Waals surface area contributed by atoms with E-state index in [-0.39, 0.29) is 5.92 Å². The lowest BCUT2D eigenvalue weighted by Crippen LogP contribution is -2.30. The first-order chi connectivity index (χ1) is 21.1. The van der Waals surface area contributed by atoms with Crippen LogP contribution < -0.4 is 4.74 Å². The van der Waals surface area contributed by atoms with Gasteiger partial charge in [-0.1, -0.05) is 72.8 Å². The molecule has 1 atom stereocenters. The fourth-order valence-electron chi connectivity index (χ4n) is 6.01. The van der Waals surface area contributed by atoms with Crippen LogP contribution in [-0.4, -0.2) is 24.8 Å². The fourth-order valence-corrected chi connectivity index (χ4v) is 6.56. The molecule has 4 aromatic carbocycles. The monoisotopic (exact) mass is 605 g/mol. The summed E-state index contributed by atoms with van der Waals surface area (Å²) in [5.74, 6) is 0.924. The van der Waals surface area contributed by atoms with Gasteiger partial charge in [-0.05, 0) is 98.0 Å². The molecule has 5 aromatic rings. The molecule has 0 bridgehead atoms. The van der Waals surface area contributed by atoms with Crippen LogP contribution in [0.15, 0.2) is 109 Å². The van der Waals surface area contributed by atoms with Crippen molar-refractivity contribution in [2.75, 3.05) is 6.26 Å². The van der Waals surface area contributed by atoms with Gasteiger partial charge in [0, 0.05) is 29.0 Å². The van der Waals surface area contributed by atoms with Crippen LogP contribution in [0.25, 0.3) is 22.0 Å². The number of ether oxygens (including phenoxy) is 1. The minimum Gasteiger partial charge on any atom is -0.489 e. The average molecular weight is 606 g/mol. The number of aromatic nitrogens is 1. The van der Waals surface area contributed by atoms with Crippen LogP contribution >= 0.6 is 0 Å². The standard InChI is InChI=1S/C38H39NO4S/c1-37(2,44(3,41)42)32-24-30-15-10-22-39-36(30)33(25-32)29-14-9-13-28(23-29)26-43-35-17-8-7-16-34(35)38(40,31-18-19-31)21-20-27-11-5-4-6-12-27/h4-17,22-25,31,40H,18-21,26H2,1-3H3. The van der Waals surface area contributed by atoms with E-state index in [9.17, 15) is 13.5 Å². The fraction of sp³-hybridized carbons (Fsp3) is 0.289. The van der Waals surface area contributed by atoms with Gasteiger partial charge in [0.05, 0.1) is 15.9 Å². The van der Waals surface area contributed by atoms with Gasteiger partial charge < -0.3 is 9.84 Å². The summed E-state index contributed by atoms with van der Waals surface area (Å²) in [5, 5.41) is 13.0. The molecule has 0 spiro atoms. The second-order valence-corrected chi connectivity index (χ2v) is 15.1. The zero-order chi connectivity index (χ0) is 31.0. The summed E-state index contributed by atoms with van der Waals surface area (Å²) in [4.78, 5) is 4.66. The van der Waals surface area contributed by atoms with Crippen LogP contribution in [0, 0.1) is 5.92 Å². The van der Waals surface area contributed by atoms with Crippen LogP contribution in [0.3, 0.4) is 0 Å². The first-order valence-electron chi connectivity index (χ1n) is 15.2. The van der Waals surface area contributed by atoms with Crippen molar-refractivity contribution < 1.29 is 18.3 Å². The average Bonchev–Trinajstić information content (AvgIpc) is 3.89. The van der Waals surface area contributed by atoms with Crippen molar-refractivity contribution >= 4 is 20.7 Å². The Morgan fingerprint density at radius 3 is 2.34 bits per heavy atom. The van der Waals surface area contributed by atoms with Crippen molar-refractivity contribution in [3.05, 3.63) is 132 Å². The lowest BCUT2D eigenvalue weighted by molar-refractivity contribution is 0.00158. The second-order valence-electron chi connectivity index (χ2n) is 12.6. The van der Waals surface area contributed by atoms with Crippen LogP contribution in [0.2, 0.25) is 0 Å². The number of hydrogen-bond donors (Lipinski definition) is 1. The number of pyridine rings is 1. The molecule has 5 nitrogen and oxygen atoms in total. The Kier molecular flexibility index (Phi) is 8.08. The van der Waals surface area contributed by atoms with Crippen molar-refractivity contribution in [1.29, 1.82) is 0 Å². The molecular formula is C38H39NO4S. The molecule has 0 amide bonds. The van der Waals surface area contributed by atoms with Crippen LogP contribution in [0.1, 0.15) is 55.4 Å². The normalized spacial score (nSPS) is 15.2. The van der Waals surface area contributed by atoms with Crippen LogP contribution in [0.4, 0.5) is 0 Å². The molecular weight excluding hydrogens is 566 g/mol. The third kappa shape index (κ3) is 6.01. The number of nitrogens with zero attached hydrogens (tertiary/aromatic N) is 1. The maximum Gasteiger partial charge on any atom is 0.156 e. The van der Waals surface area contributed by atoms with Gasteiger partial charge in [0.2, 0.25) is 0 Å². The molecule has 226 valence electrons. The molecule has 1 aliphatic rings. The number of fused-ring (bicyclic) bond motifs is 1. The molecule has 0 radical (unpaired) electrons. The highest BCUT2D eigenvalue weighted by Crippen LogP contribution is 2.50. The van der Waals surface area contributed by atoms with Crippen molar-refractivity contribution in [2.24, 2.45) is 5.92 Å². The highest BCUT2D eigenvalue weighted by Gasteiger charge is 2.46. The third-order valence-corrected chi connectivity index (χ3v) is 11.3. The largest absolute Gasteiger partial charge is 0.489 e. The minimum absolute atomic E-state index is 0.225. The number of para-hydroxylation sites is 1. The number of benzene rings is 4. The molecule has 1 N–H and O–H groups in total. The minimum atomic E-state index is -3.37. The predicted molar refractivity (Wildman–Crippen MR) is 177 cm³/mol. The van der Waals surface area contributed by atoms with Crippen LogP contribution in [-0.2, 0) is 33.2 Å². The summed E-state index contributed by atoms with van der Waals surface area (Å²) < 4.78 is 30.8. The van der Waals surface area contributed by atoms with E-state index in [0.29, 0.717) is 18.8 Å². The lowest BCUT2D eigenvalue weighted by atomic mass is 9.83. The lowest BCUT2D eigenvalue weighted by Gasteiger charge is -2.31. The SMILES string of the molecule is CC(C)(c1cc(-c2cccc(COc3ccccc3C(O)(CCc3ccccc3)C3CC3)c2)c2ncccc2c1)S(C)(=O)=O. The molecule has 1 heterocycles. The Hall–Kier alpha value is -4.00. The van der Waals surface area contributed by atoms with E-state index in [0.717, 1.165) is 58.0 Å². The molecule has 1 aliphatic carbocycles. The summed E-state index contributed by atoms with van der Waals surface area (Å²) in [6, 6.07) is 34.0. The van der Waals surface area contributed by atoms with Crippen molar-refractivity contribution in [3.63, 3.8) is 0 Å². The topological polar surface area (TPSA) is 76.5 Å². The Morgan fingerprint density at radius 1 is 0.864 bits per heavy atom. The molecule has 6 heteroatoms. The maximum atomic E-state index is 12.7. The number of aliphatic hydroxyl groups is 1. The molecule has 6 rings (SSSR count). The zero-order valence-electron chi connectivity index (χ0n) is 25.5. The number of sulfone groups is 1. The summed E-state index contributed by atoms with van der Waals surface area (Å²) in [5.41, 5.74) is 5.43. The summed E-state index contributed by atoms with van der Waals surface area (Å²) in [6.07, 6.45) is 6.49. The van der Waals surface area contributed by atoms with Gasteiger partial charge in [0.1, 0.15) is 12.4 Å². The molecule has 1 aromatic heterocycles. The maximum absolute atomic E-state index is 12.7. The van der Waals surface area contributed by atoms with Gasteiger partial charge in [0.25, 0.3) is 0 Å². The van der Waals surface area contributed by atoms with E-state index >= 15 is 0 Å². The van der Waals surface area contributed by atoms with Gasteiger partial charge in [-0.25, -0.2) is 8.42 Å². The summed E-state index contributed by atoms with van der Waals surface area (Å²) in [6.45, 7) is 3.81. The Labute approximate surface area is 260 Å². The Morgan fingerprint density at radius 2 is 1.59 bits per heavy atom. The number of hydrogen-bond acceptors (Lipinski definition) is 5. The van der Waals surface area contributed by atoms with Gasteiger partial charge in [-0.15, -0.1) is 0 Å². The predicted octanol–water partition coefficient (Wildman–Crippen LogP) is 7.99. The summed E-state index contributed by atoms with van der Waals surface area (Å²) >= 11 is 0. The number of aryl methyl sites for hydroxylation is 1. The molecule has 44 heavy (non-hydrogen) atoms. The summed E-state index contributed by atoms with van der Waals surface area (Å²) in [7, 11) is -3.37. The molecule has 1 saturated carbocycles. The Balaban J connectivity index is 1.30. The van der Waals surface area contributed by atoms with Crippen molar-refractivity contribution in [1.82, 2.24) is 4.98 Å². The van der Waals surface area contributed by atoms with E-state index in [1.54, 1.807) is 20.0 Å².